The Morgan fingerprint density at radius 3 is 2.73 bits per heavy atom. The number of thiophene rings is 1. The van der Waals surface area contributed by atoms with Crippen LogP contribution < -0.4 is 21.2 Å². The Bertz CT molecular complexity index is 698. The number of carbonyl (C=O) groups is 1. The molecule has 3 heteroatoms. The minimum absolute atomic E-state index is 0.247. The van der Waals surface area contributed by atoms with Crippen LogP contribution in [0, 0.1) is 9.49 Å². The quantitative estimate of drug-likeness (QED) is 0.411. The number of allylic oxidation sites excluding steroid dienone is 4. The molecule has 1 atom stereocenters. The molecule has 22 heavy (non-hydrogen) atoms. The van der Waals surface area contributed by atoms with Crippen LogP contribution >= 0.6 is 11.3 Å². The first-order valence-corrected chi connectivity index (χ1v) is 10.5. The first kappa shape index (κ1) is 15.7. The second kappa shape index (κ2) is 7.38. The Balaban J connectivity index is 1.98. The Morgan fingerprint density at radius 1 is 1.23 bits per heavy atom. The molecule has 1 heterocycles. The zero-order valence-corrected chi connectivity index (χ0v) is 15.4. The van der Waals surface area contributed by atoms with Crippen LogP contribution in [-0.4, -0.2) is 5.78 Å². The lowest BCUT2D eigenvalue weighted by atomic mass is 9.88. The molecule has 0 amide bonds. The van der Waals surface area contributed by atoms with E-state index in [1.807, 2.05) is 17.5 Å². The van der Waals surface area contributed by atoms with E-state index < -0.39 is 0 Å². The molecule has 0 spiro atoms. The van der Waals surface area contributed by atoms with Crippen molar-refractivity contribution in [2.75, 3.05) is 0 Å². The maximum absolute atomic E-state index is 13.0. The smallest absolute Gasteiger partial charge is 0.288 e. The molecule has 0 aliphatic heterocycles. The predicted molar refractivity (Wildman–Crippen MR) is 88.4 cm³/mol. The van der Waals surface area contributed by atoms with Gasteiger partial charge in [-0.2, -0.15) is 0 Å². The average molecular weight is 421 g/mol. The van der Waals surface area contributed by atoms with Gasteiger partial charge >= 0.3 is 21.2 Å². The van der Waals surface area contributed by atoms with Crippen LogP contribution in [-0.2, 0) is 0 Å². The van der Waals surface area contributed by atoms with Crippen molar-refractivity contribution < 1.29 is 26.0 Å². The van der Waals surface area contributed by atoms with Crippen molar-refractivity contribution in [3.05, 3.63) is 77.6 Å². The highest BCUT2D eigenvalue weighted by Gasteiger charge is 2.33. The van der Waals surface area contributed by atoms with Gasteiger partial charge < -0.3 is 0 Å². The molecule has 1 aliphatic rings. The number of Topliss-reactive ketones (excluding diaryl/α,β-unsaturated/α-hetero) is 1. The zero-order chi connectivity index (χ0) is 15.4. The summed E-state index contributed by atoms with van der Waals surface area (Å²) in [5.74, 6) is 0.526. The summed E-state index contributed by atoms with van der Waals surface area (Å²) in [5.41, 5.74) is 1.07. The summed E-state index contributed by atoms with van der Waals surface area (Å²) in [5, 5.41) is 1.99. The fourth-order valence-electron chi connectivity index (χ4n) is 2.61. The highest BCUT2D eigenvalue weighted by molar-refractivity contribution is 7.12. The molecule has 0 saturated heterocycles. The van der Waals surface area contributed by atoms with Crippen molar-refractivity contribution in [3.63, 3.8) is 0 Å². The Kier molecular flexibility index (Phi) is 5.26. The summed E-state index contributed by atoms with van der Waals surface area (Å²) >= 11 is 1.28. The molecule has 1 aliphatic carbocycles. The van der Waals surface area contributed by atoms with Crippen molar-refractivity contribution in [3.8, 4) is 0 Å². The second-order valence-corrected chi connectivity index (χ2v) is 9.20. The lowest BCUT2D eigenvalue weighted by Crippen LogP contribution is -3.61. The van der Waals surface area contributed by atoms with Crippen LogP contribution in [0.4, 0.5) is 0 Å². The largest absolute Gasteiger partial charge is 0.353 e. The van der Waals surface area contributed by atoms with E-state index in [0.29, 0.717) is 0 Å². The van der Waals surface area contributed by atoms with Gasteiger partial charge in [-0.15, -0.1) is 11.3 Å². The number of rotatable bonds is 5. The molecular formula is C19H18IOS+. The van der Waals surface area contributed by atoms with E-state index in [1.54, 1.807) is 11.3 Å². The second-order valence-electron chi connectivity index (χ2n) is 5.16. The lowest BCUT2D eigenvalue weighted by Gasteiger charge is -2.17. The molecule has 0 bridgehead atoms. The number of ketones is 1. The first-order valence-electron chi connectivity index (χ1n) is 7.47. The standard InChI is InChI=1S/C19H18IOS/c1-2-14-8-6-11-16(20-15-9-4-3-5-10-15)18(14)19(21)17-12-7-13-22-17/h3-10,12-14H,2,11H2,1H3/q+1. The van der Waals surface area contributed by atoms with E-state index in [4.69, 9.17) is 0 Å². The molecule has 3 rings (SSSR count). The van der Waals surface area contributed by atoms with Crippen LogP contribution in [0.25, 0.3) is 0 Å². The van der Waals surface area contributed by atoms with Gasteiger partial charge in [0.25, 0.3) is 0 Å². The van der Waals surface area contributed by atoms with Crippen molar-refractivity contribution in [1.29, 1.82) is 0 Å². The summed E-state index contributed by atoms with van der Waals surface area (Å²) < 4.78 is 2.77. The molecule has 1 aromatic carbocycles. The number of benzene rings is 1. The Labute approximate surface area is 146 Å². The number of halogens is 1. The first-order chi connectivity index (χ1) is 10.8. The summed E-state index contributed by atoms with van der Waals surface area (Å²) in [6.07, 6.45) is 6.40. The summed E-state index contributed by atoms with van der Waals surface area (Å²) in [4.78, 5) is 13.8. The van der Waals surface area contributed by atoms with Gasteiger partial charge in [-0.1, -0.05) is 43.3 Å². The van der Waals surface area contributed by atoms with Crippen LogP contribution in [0.5, 0.6) is 0 Å². The summed E-state index contributed by atoms with van der Waals surface area (Å²) in [6.45, 7) is 2.17. The van der Waals surface area contributed by atoms with Gasteiger partial charge in [0.05, 0.1) is 10.5 Å². The van der Waals surface area contributed by atoms with Crippen molar-refractivity contribution >= 4 is 17.1 Å². The van der Waals surface area contributed by atoms with Crippen molar-refractivity contribution in [2.24, 2.45) is 5.92 Å². The Hall–Kier alpha value is -1.20. The number of carbonyl (C=O) groups excluding carboxylic acids is 1. The van der Waals surface area contributed by atoms with Gasteiger partial charge in [-0.05, 0) is 30.0 Å². The highest BCUT2D eigenvalue weighted by atomic mass is 127. The van der Waals surface area contributed by atoms with E-state index in [1.165, 1.54) is 7.15 Å². The van der Waals surface area contributed by atoms with Gasteiger partial charge in [0.2, 0.25) is 5.78 Å². The Morgan fingerprint density at radius 2 is 2.05 bits per heavy atom. The SMILES string of the molecule is CCC1C=CCC([I+]c2ccccc2)=C1C(=O)c1cccs1. The van der Waals surface area contributed by atoms with E-state index in [-0.39, 0.29) is 32.9 Å². The number of hydrogen-bond donors (Lipinski definition) is 0. The zero-order valence-electron chi connectivity index (χ0n) is 12.5. The molecule has 0 saturated carbocycles. The van der Waals surface area contributed by atoms with Gasteiger partial charge in [-0.25, -0.2) is 0 Å². The third kappa shape index (κ3) is 3.41. The molecule has 0 N–H and O–H groups in total. The van der Waals surface area contributed by atoms with Crippen molar-refractivity contribution in [1.82, 2.24) is 0 Å². The fourth-order valence-corrected chi connectivity index (χ4v) is 6.23. The molecule has 1 nitrogen and oxygen atoms in total. The normalized spacial score (nSPS) is 17.8. The number of hydrogen-bond acceptors (Lipinski definition) is 2. The fraction of sp³-hybridized carbons (Fsp3) is 0.211. The van der Waals surface area contributed by atoms with E-state index >= 15 is 0 Å². The highest BCUT2D eigenvalue weighted by Crippen LogP contribution is 2.28. The van der Waals surface area contributed by atoms with Gasteiger partial charge in [-0.3, -0.25) is 4.79 Å². The van der Waals surface area contributed by atoms with Gasteiger partial charge in [0, 0.05) is 12.3 Å². The third-order valence-electron chi connectivity index (χ3n) is 3.71. The van der Waals surface area contributed by atoms with Gasteiger partial charge in [0.15, 0.2) is 7.15 Å². The van der Waals surface area contributed by atoms with Crippen LogP contribution in [0.1, 0.15) is 29.4 Å². The molecule has 112 valence electrons. The minimum atomic E-state index is -0.267. The maximum Gasteiger partial charge on any atom is 0.353 e. The molecule has 0 radical (unpaired) electrons. The molecular weight excluding hydrogens is 403 g/mol. The maximum atomic E-state index is 13.0. The van der Waals surface area contributed by atoms with E-state index in [2.05, 4.69) is 49.4 Å². The van der Waals surface area contributed by atoms with E-state index in [9.17, 15) is 4.79 Å². The molecule has 1 aromatic heterocycles. The van der Waals surface area contributed by atoms with Gasteiger partial charge in [0.1, 0.15) is 0 Å². The molecule has 0 fully saturated rings. The predicted octanol–water partition coefficient (Wildman–Crippen LogP) is 2.13. The average Bonchev–Trinajstić information content (AvgIpc) is 3.09. The minimum Gasteiger partial charge on any atom is -0.288 e. The van der Waals surface area contributed by atoms with Crippen LogP contribution in [0.15, 0.2) is 69.1 Å². The van der Waals surface area contributed by atoms with Crippen LogP contribution in [0.3, 0.4) is 0 Å². The lowest BCUT2D eigenvalue weighted by molar-refractivity contribution is -0.579. The molecule has 2 aromatic rings. The topological polar surface area (TPSA) is 17.1 Å². The molecule has 1 unspecified atom stereocenters. The monoisotopic (exact) mass is 421 g/mol. The summed E-state index contributed by atoms with van der Waals surface area (Å²) in [6, 6.07) is 14.5. The van der Waals surface area contributed by atoms with Crippen molar-refractivity contribution in [2.45, 2.75) is 19.8 Å². The van der Waals surface area contributed by atoms with Crippen LogP contribution in [0.2, 0.25) is 0 Å². The third-order valence-corrected chi connectivity index (χ3v) is 7.60. The summed E-state index contributed by atoms with van der Waals surface area (Å²) in [7, 11) is 0. The van der Waals surface area contributed by atoms with E-state index in [0.717, 1.165) is 23.3 Å².